The second-order valence-corrected chi connectivity index (χ2v) is 10.00. The van der Waals surface area contributed by atoms with Crippen LogP contribution in [0.5, 0.6) is 5.75 Å². The van der Waals surface area contributed by atoms with Crippen molar-refractivity contribution in [3.05, 3.63) is 64.8 Å². The number of carbonyl (C=O) groups excluding carboxylic acids is 2. The van der Waals surface area contributed by atoms with E-state index in [-0.39, 0.29) is 24.9 Å². The number of nitrogens with zero attached hydrogens (tertiary/aromatic N) is 3. The van der Waals surface area contributed by atoms with Gasteiger partial charge in [-0.05, 0) is 43.9 Å². The summed E-state index contributed by atoms with van der Waals surface area (Å²) in [6, 6.07) is 9.53. The summed E-state index contributed by atoms with van der Waals surface area (Å²) in [5.41, 5.74) is 1.56. The quantitative estimate of drug-likeness (QED) is 0.210. The second kappa shape index (κ2) is 12.0. The Hall–Kier alpha value is -3.11. The molecule has 1 aliphatic rings. The van der Waals surface area contributed by atoms with E-state index in [1.807, 2.05) is 34.9 Å². The summed E-state index contributed by atoms with van der Waals surface area (Å²) < 4.78 is 13.0. The van der Waals surface area contributed by atoms with Gasteiger partial charge in [0.25, 0.3) is 0 Å². The van der Waals surface area contributed by atoms with Crippen LogP contribution in [0, 0.1) is 0 Å². The maximum atomic E-state index is 12.7. The van der Waals surface area contributed by atoms with Crippen LogP contribution in [-0.2, 0) is 35.5 Å². The molecule has 0 saturated carbocycles. The number of thiophene rings is 1. The van der Waals surface area contributed by atoms with Gasteiger partial charge in [-0.15, -0.1) is 28.1 Å². The minimum atomic E-state index is -0.362. The highest BCUT2D eigenvalue weighted by atomic mass is 32.2. The fourth-order valence-electron chi connectivity index (χ4n) is 3.85. The normalized spacial score (nSPS) is 12.3. The highest BCUT2D eigenvalue weighted by Crippen LogP contribution is 2.39. The summed E-state index contributed by atoms with van der Waals surface area (Å²) in [7, 11) is 0. The molecule has 10 heteroatoms. The highest BCUT2D eigenvalue weighted by molar-refractivity contribution is 7.99. The van der Waals surface area contributed by atoms with Crippen LogP contribution < -0.4 is 10.1 Å². The van der Waals surface area contributed by atoms with E-state index in [0.29, 0.717) is 40.4 Å². The zero-order valence-electron chi connectivity index (χ0n) is 19.6. The number of fused-ring (bicyclic) bond motifs is 1. The van der Waals surface area contributed by atoms with E-state index in [4.69, 9.17) is 9.47 Å². The number of esters is 1. The Kier molecular flexibility index (Phi) is 8.59. The third-order valence-corrected chi connectivity index (χ3v) is 7.61. The van der Waals surface area contributed by atoms with Crippen LogP contribution in [0.2, 0.25) is 0 Å². The number of hydrogen-bond acceptors (Lipinski definition) is 8. The van der Waals surface area contributed by atoms with Crippen molar-refractivity contribution in [3.8, 4) is 5.75 Å². The maximum absolute atomic E-state index is 12.7. The number of aryl methyl sites for hydroxylation is 1. The average Bonchev–Trinajstić information content (AvgIpc) is 3.54. The summed E-state index contributed by atoms with van der Waals surface area (Å²) in [6.45, 7) is 6.73. The smallest absolute Gasteiger partial charge is 0.341 e. The van der Waals surface area contributed by atoms with Gasteiger partial charge in [0.05, 0.1) is 12.2 Å². The molecule has 1 N–H and O–H groups in total. The van der Waals surface area contributed by atoms with Crippen LogP contribution in [0.1, 0.15) is 46.4 Å². The molecule has 1 amide bonds. The molecule has 0 spiro atoms. The monoisotopic (exact) mass is 512 g/mol. The van der Waals surface area contributed by atoms with E-state index < -0.39 is 0 Å². The SMILES string of the molecule is C=CCn1c(COc2ccccc2)nnc1SCCC(=O)Nc1sc2c(c1C(=O)OCC)CCC2. The Morgan fingerprint density at radius 2 is 2.09 bits per heavy atom. The van der Waals surface area contributed by atoms with Crippen molar-refractivity contribution < 1.29 is 19.1 Å². The number of allylic oxidation sites excluding steroid dienone is 1. The molecule has 3 aromatic rings. The molecule has 0 bridgehead atoms. The molecule has 1 aliphatic carbocycles. The summed E-state index contributed by atoms with van der Waals surface area (Å²) in [5.74, 6) is 1.45. The maximum Gasteiger partial charge on any atom is 0.341 e. The highest BCUT2D eigenvalue weighted by Gasteiger charge is 2.28. The van der Waals surface area contributed by atoms with Gasteiger partial charge >= 0.3 is 5.97 Å². The summed E-state index contributed by atoms with van der Waals surface area (Å²) in [5, 5.41) is 12.8. The topological polar surface area (TPSA) is 95.3 Å². The number of hydrogen-bond donors (Lipinski definition) is 1. The van der Waals surface area contributed by atoms with Crippen molar-refractivity contribution in [1.29, 1.82) is 0 Å². The number of aromatic nitrogens is 3. The van der Waals surface area contributed by atoms with Crippen molar-refractivity contribution in [2.45, 2.75) is 50.9 Å². The number of ether oxygens (including phenoxy) is 2. The summed E-state index contributed by atoms with van der Waals surface area (Å²) in [4.78, 5) is 26.4. The number of carbonyl (C=O) groups is 2. The van der Waals surface area contributed by atoms with E-state index in [1.54, 1.807) is 13.0 Å². The van der Waals surface area contributed by atoms with E-state index in [9.17, 15) is 9.59 Å². The van der Waals surface area contributed by atoms with Gasteiger partial charge in [0.1, 0.15) is 17.4 Å². The van der Waals surface area contributed by atoms with Crippen LogP contribution in [0.3, 0.4) is 0 Å². The molecule has 0 unspecified atom stereocenters. The fraction of sp³-hybridized carbons (Fsp3) is 0.360. The van der Waals surface area contributed by atoms with Crippen molar-refractivity contribution in [3.63, 3.8) is 0 Å². The first-order chi connectivity index (χ1) is 17.1. The van der Waals surface area contributed by atoms with Gasteiger partial charge in [-0.1, -0.05) is 36.0 Å². The number of thioether (sulfide) groups is 1. The van der Waals surface area contributed by atoms with Gasteiger partial charge in [-0.2, -0.15) is 0 Å². The largest absolute Gasteiger partial charge is 0.486 e. The summed E-state index contributed by atoms with van der Waals surface area (Å²) >= 11 is 2.93. The van der Waals surface area contributed by atoms with Gasteiger partial charge < -0.3 is 14.8 Å². The molecule has 1 aromatic carbocycles. The number of anilines is 1. The molecule has 184 valence electrons. The molecule has 8 nitrogen and oxygen atoms in total. The molecule has 0 aliphatic heterocycles. The van der Waals surface area contributed by atoms with E-state index in [1.165, 1.54) is 28.0 Å². The molecule has 0 fully saturated rings. The fourth-order valence-corrected chi connectivity index (χ4v) is 6.04. The minimum Gasteiger partial charge on any atom is -0.486 e. The lowest BCUT2D eigenvalue weighted by Crippen LogP contribution is -2.15. The Labute approximate surface area is 212 Å². The first kappa shape index (κ1) is 25.0. The molecule has 35 heavy (non-hydrogen) atoms. The number of para-hydroxylation sites is 1. The van der Waals surface area contributed by atoms with Gasteiger partial charge in [-0.25, -0.2) is 4.79 Å². The van der Waals surface area contributed by atoms with Crippen LogP contribution >= 0.6 is 23.1 Å². The first-order valence-electron chi connectivity index (χ1n) is 11.6. The van der Waals surface area contributed by atoms with Gasteiger partial charge in [0.2, 0.25) is 5.91 Å². The molecule has 2 heterocycles. The molecule has 4 rings (SSSR count). The lowest BCUT2D eigenvalue weighted by atomic mass is 10.1. The number of nitrogens with one attached hydrogen (secondary N) is 1. The molecule has 0 saturated heterocycles. The molecular formula is C25H28N4O4S2. The molecule has 0 atom stereocenters. The van der Waals surface area contributed by atoms with E-state index >= 15 is 0 Å². The summed E-state index contributed by atoms with van der Waals surface area (Å²) in [6.07, 6.45) is 4.86. The zero-order valence-corrected chi connectivity index (χ0v) is 21.3. The molecule has 0 radical (unpaired) electrons. The standard InChI is InChI=1S/C25H28N4O4S2/c1-3-14-29-20(16-33-17-9-6-5-7-10-17)27-28-25(29)34-15-13-21(30)26-23-22(24(31)32-4-2)18-11-8-12-19(18)35-23/h3,5-7,9-10H,1,4,8,11-16H2,2H3,(H,26,30). The Bertz CT molecular complexity index is 1190. The zero-order chi connectivity index (χ0) is 24.6. The van der Waals surface area contributed by atoms with Crippen LogP contribution in [0.4, 0.5) is 5.00 Å². The Balaban J connectivity index is 1.35. The van der Waals surface area contributed by atoms with Crippen molar-refractivity contribution in [2.75, 3.05) is 17.7 Å². The third-order valence-electron chi connectivity index (χ3n) is 5.43. The van der Waals surface area contributed by atoms with Crippen LogP contribution in [0.15, 0.2) is 48.1 Å². The Morgan fingerprint density at radius 3 is 2.86 bits per heavy atom. The number of amides is 1. The Morgan fingerprint density at radius 1 is 1.26 bits per heavy atom. The predicted octanol–water partition coefficient (Wildman–Crippen LogP) is 4.89. The lowest BCUT2D eigenvalue weighted by molar-refractivity contribution is -0.115. The third kappa shape index (κ3) is 6.12. The second-order valence-electron chi connectivity index (χ2n) is 7.83. The average molecular weight is 513 g/mol. The van der Waals surface area contributed by atoms with Crippen LogP contribution in [-0.4, -0.2) is 39.0 Å². The van der Waals surface area contributed by atoms with Gasteiger partial charge in [0, 0.05) is 23.6 Å². The van der Waals surface area contributed by atoms with Crippen molar-refractivity contribution in [2.24, 2.45) is 0 Å². The molecular weight excluding hydrogens is 484 g/mol. The van der Waals surface area contributed by atoms with Crippen LogP contribution in [0.25, 0.3) is 0 Å². The minimum absolute atomic E-state index is 0.148. The first-order valence-corrected chi connectivity index (χ1v) is 13.4. The van der Waals surface area contributed by atoms with Gasteiger partial charge in [-0.3, -0.25) is 9.36 Å². The van der Waals surface area contributed by atoms with Gasteiger partial charge in [0.15, 0.2) is 11.0 Å². The van der Waals surface area contributed by atoms with Crippen molar-refractivity contribution >= 4 is 40.0 Å². The molecule has 2 aromatic heterocycles. The number of rotatable bonds is 12. The van der Waals surface area contributed by atoms with Crippen molar-refractivity contribution in [1.82, 2.24) is 14.8 Å². The predicted molar refractivity (Wildman–Crippen MR) is 137 cm³/mol. The lowest BCUT2D eigenvalue weighted by Gasteiger charge is -2.09. The van der Waals surface area contributed by atoms with E-state index in [2.05, 4.69) is 22.1 Å². The number of benzene rings is 1. The van der Waals surface area contributed by atoms with E-state index in [0.717, 1.165) is 30.6 Å².